The maximum absolute atomic E-state index is 4.76. The number of hydrogen-bond donors (Lipinski definition) is 1. The predicted octanol–water partition coefficient (Wildman–Crippen LogP) is 4.72. The van der Waals surface area contributed by atoms with Gasteiger partial charge in [-0.3, -0.25) is 0 Å². The highest BCUT2D eigenvalue weighted by molar-refractivity contribution is 9.10. The molecule has 4 rings (SSSR count). The summed E-state index contributed by atoms with van der Waals surface area (Å²) in [6.45, 7) is 4.60. The summed E-state index contributed by atoms with van der Waals surface area (Å²) in [6, 6.07) is 18.9. The zero-order chi connectivity index (χ0) is 17.9. The Hall–Kier alpha value is -2.40. The van der Waals surface area contributed by atoms with Gasteiger partial charge in [0.15, 0.2) is 0 Å². The molecule has 0 amide bonds. The van der Waals surface area contributed by atoms with E-state index in [9.17, 15) is 0 Å². The number of nitrogens with one attached hydrogen (secondary N) is 1. The Morgan fingerprint density at radius 2 is 1.88 bits per heavy atom. The number of fused-ring (bicyclic) bond motifs is 1. The number of rotatable bonds is 4. The normalized spacial score (nSPS) is 13.4. The topological polar surface area (TPSA) is 41.1 Å². The quantitative estimate of drug-likeness (QED) is 0.677. The van der Waals surface area contributed by atoms with Crippen LogP contribution in [0.4, 0.5) is 11.8 Å². The first-order chi connectivity index (χ1) is 12.7. The van der Waals surface area contributed by atoms with E-state index >= 15 is 0 Å². The van der Waals surface area contributed by atoms with Gasteiger partial charge in [0.25, 0.3) is 0 Å². The van der Waals surface area contributed by atoms with E-state index in [4.69, 9.17) is 4.98 Å². The molecule has 0 saturated heterocycles. The zero-order valence-electron chi connectivity index (χ0n) is 14.7. The fourth-order valence-electron chi connectivity index (χ4n) is 3.29. The van der Waals surface area contributed by atoms with E-state index < -0.39 is 0 Å². The Bertz CT molecular complexity index is 911. The van der Waals surface area contributed by atoms with Crippen LogP contribution in [0.25, 0.3) is 0 Å². The lowest BCUT2D eigenvalue weighted by atomic mass is 10.00. The van der Waals surface area contributed by atoms with Crippen LogP contribution in [-0.4, -0.2) is 16.5 Å². The van der Waals surface area contributed by atoms with Crippen molar-refractivity contribution in [2.45, 2.75) is 26.4 Å². The Labute approximate surface area is 162 Å². The van der Waals surface area contributed by atoms with Gasteiger partial charge in [0.1, 0.15) is 5.82 Å². The summed E-state index contributed by atoms with van der Waals surface area (Å²) >= 11 is 3.56. The van der Waals surface area contributed by atoms with Gasteiger partial charge in [-0.1, -0.05) is 52.3 Å². The van der Waals surface area contributed by atoms with E-state index in [-0.39, 0.29) is 0 Å². The molecule has 0 saturated carbocycles. The molecule has 0 atom stereocenters. The van der Waals surface area contributed by atoms with E-state index in [0.717, 1.165) is 42.0 Å². The van der Waals surface area contributed by atoms with Crippen molar-refractivity contribution in [3.8, 4) is 0 Å². The second-order valence-corrected chi connectivity index (χ2v) is 7.53. The smallest absolute Gasteiger partial charge is 0.225 e. The van der Waals surface area contributed by atoms with E-state index in [1.807, 2.05) is 25.1 Å². The Morgan fingerprint density at radius 1 is 1.04 bits per heavy atom. The van der Waals surface area contributed by atoms with Gasteiger partial charge in [-0.05, 0) is 42.2 Å². The molecule has 132 valence electrons. The van der Waals surface area contributed by atoms with Gasteiger partial charge >= 0.3 is 0 Å². The molecule has 26 heavy (non-hydrogen) atoms. The van der Waals surface area contributed by atoms with Crippen molar-refractivity contribution in [1.82, 2.24) is 9.97 Å². The number of halogens is 1. The monoisotopic (exact) mass is 408 g/mol. The summed E-state index contributed by atoms with van der Waals surface area (Å²) in [6.07, 6.45) is 1.03. The maximum Gasteiger partial charge on any atom is 0.225 e. The first-order valence-electron chi connectivity index (χ1n) is 8.83. The molecule has 1 aromatic heterocycles. The molecule has 1 N–H and O–H groups in total. The minimum absolute atomic E-state index is 0.686. The van der Waals surface area contributed by atoms with E-state index in [1.165, 1.54) is 16.7 Å². The SMILES string of the molecule is Cc1cc(N2CCc3cc(Br)ccc3C2)nc(NCc2ccccc2)n1. The largest absolute Gasteiger partial charge is 0.352 e. The van der Waals surface area contributed by atoms with Crippen LogP contribution in [0.15, 0.2) is 59.1 Å². The highest BCUT2D eigenvalue weighted by Crippen LogP contribution is 2.26. The molecule has 0 spiro atoms. The minimum Gasteiger partial charge on any atom is -0.352 e. The Kier molecular flexibility index (Phi) is 4.89. The van der Waals surface area contributed by atoms with Crippen LogP contribution >= 0.6 is 15.9 Å². The predicted molar refractivity (Wildman–Crippen MR) is 109 cm³/mol. The van der Waals surface area contributed by atoms with E-state index in [2.05, 4.69) is 67.5 Å². The second kappa shape index (κ2) is 7.46. The minimum atomic E-state index is 0.686. The summed E-state index contributed by atoms with van der Waals surface area (Å²) in [4.78, 5) is 11.6. The van der Waals surface area contributed by atoms with Crippen molar-refractivity contribution < 1.29 is 0 Å². The van der Waals surface area contributed by atoms with E-state index in [1.54, 1.807) is 0 Å². The average Bonchev–Trinajstić information content (AvgIpc) is 2.66. The van der Waals surface area contributed by atoms with Crippen LogP contribution < -0.4 is 10.2 Å². The molecule has 3 aromatic rings. The Morgan fingerprint density at radius 3 is 2.73 bits per heavy atom. The number of nitrogens with zero attached hydrogens (tertiary/aromatic N) is 3. The van der Waals surface area contributed by atoms with Crippen molar-refractivity contribution in [1.29, 1.82) is 0 Å². The third-order valence-electron chi connectivity index (χ3n) is 4.64. The molecule has 4 nitrogen and oxygen atoms in total. The molecule has 0 radical (unpaired) electrons. The number of aromatic nitrogens is 2. The third-order valence-corrected chi connectivity index (χ3v) is 5.13. The first kappa shape index (κ1) is 17.0. The van der Waals surface area contributed by atoms with Gasteiger partial charge in [0, 0.05) is 35.9 Å². The molecule has 5 heteroatoms. The molecule has 1 aliphatic heterocycles. The third kappa shape index (κ3) is 3.88. The number of benzene rings is 2. The first-order valence-corrected chi connectivity index (χ1v) is 9.62. The fraction of sp³-hybridized carbons (Fsp3) is 0.238. The van der Waals surface area contributed by atoms with Crippen LogP contribution in [0, 0.1) is 6.92 Å². The van der Waals surface area contributed by atoms with Crippen LogP contribution in [0.2, 0.25) is 0 Å². The summed E-state index contributed by atoms with van der Waals surface area (Å²) in [5.74, 6) is 1.67. The number of hydrogen-bond acceptors (Lipinski definition) is 4. The standard InChI is InChI=1S/C21H21BrN4/c1-15-11-20(25-21(24-15)23-13-16-5-3-2-4-6-16)26-10-9-17-12-19(22)8-7-18(17)14-26/h2-8,11-12H,9-10,13-14H2,1H3,(H,23,24,25). The molecule has 2 heterocycles. The number of anilines is 2. The maximum atomic E-state index is 4.76. The molecule has 1 aliphatic rings. The zero-order valence-corrected chi connectivity index (χ0v) is 16.3. The van der Waals surface area contributed by atoms with Gasteiger partial charge in [0.05, 0.1) is 0 Å². The van der Waals surface area contributed by atoms with E-state index in [0.29, 0.717) is 5.95 Å². The highest BCUT2D eigenvalue weighted by Gasteiger charge is 2.18. The van der Waals surface area contributed by atoms with Crippen LogP contribution in [0.3, 0.4) is 0 Å². The molecule has 2 aromatic carbocycles. The molecule has 0 bridgehead atoms. The number of aryl methyl sites for hydroxylation is 1. The molecule has 0 aliphatic carbocycles. The molecule has 0 unspecified atom stereocenters. The average molecular weight is 409 g/mol. The van der Waals surface area contributed by atoms with Crippen molar-refractivity contribution in [3.63, 3.8) is 0 Å². The van der Waals surface area contributed by atoms with Crippen molar-refractivity contribution >= 4 is 27.7 Å². The van der Waals surface area contributed by atoms with Crippen molar-refractivity contribution in [3.05, 3.63) is 81.5 Å². The lowest BCUT2D eigenvalue weighted by Gasteiger charge is -2.30. The summed E-state index contributed by atoms with van der Waals surface area (Å²) < 4.78 is 1.15. The lowest BCUT2D eigenvalue weighted by Crippen LogP contribution is -2.31. The van der Waals surface area contributed by atoms with Gasteiger partial charge in [0.2, 0.25) is 5.95 Å². The fourth-order valence-corrected chi connectivity index (χ4v) is 3.70. The summed E-state index contributed by atoms with van der Waals surface area (Å²) in [5, 5.41) is 3.35. The van der Waals surface area contributed by atoms with Gasteiger partial charge in [-0.25, -0.2) is 4.98 Å². The second-order valence-electron chi connectivity index (χ2n) is 6.61. The molecule has 0 fully saturated rings. The summed E-state index contributed by atoms with van der Waals surface area (Å²) in [7, 11) is 0. The van der Waals surface area contributed by atoms with Crippen molar-refractivity contribution in [2.75, 3.05) is 16.8 Å². The van der Waals surface area contributed by atoms with Gasteiger partial charge < -0.3 is 10.2 Å². The molecular weight excluding hydrogens is 388 g/mol. The highest BCUT2D eigenvalue weighted by atomic mass is 79.9. The van der Waals surface area contributed by atoms with Crippen LogP contribution in [-0.2, 0) is 19.5 Å². The van der Waals surface area contributed by atoms with Crippen LogP contribution in [0.1, 0.15) is 22.4 Å². The van der Waals surface area contributed by atoms with Gasteiger partial charge in [-0.2, -0.15) is 4.98 Å². The molecular formula is C21H21BrN4. The van der Waals surface area contributed by atoms with Crippen LogP contribution in [0.5, 0.6) is 0 Å². The van der Waals surface area contributed by atoms with Gasteiger partial charge in [-0.15, -0.1) is 0 Å². The summed E-state index contributed by atoms with van der Waals surface area (Å²) in [5.41, 5.74) is 4.99. The lowest BCUT2D eigenvalue weighted by molar-refractivity contribution is 0.718. The van der Waals surface area contributed by atoms with Crippen molar-refractivity contribution in [2.24, 2.45) is 0 Å². The Balaban J connectivity index is 1.52.